The average molecular weight is 304 g/mol. The van der Waals surface area contributed by atoms with Gasteiger partial charge >= 0.3 is 12.1 Å². The quantitative estimate of drug-likeness (QED) is 0.487. The molecular weight excluding hydrogens is 293 g/mol. The van der Waals surface area contributed by atoms with Crippen LogP contribution in [0.15, 0.2) is 12.1 Å². The lowest BCUT2D eigenvalue weighted by atomic mass is 10.0. The van der Waals surface area contributed by atoms with Crippen LogP contribution in [0.4, 0.5) is 13.2 Å². The highest BCUT2D eigenvalue weighted by Gasteiger charge is 2.39. The lowest BCUT2D eigenvalue weighted by Gasteiger charge is -2.21. The number of benzene rings is 1. The van der Waals surface area contributed by atoms with Gasteiger partial charge in [0.15, 0.2) is 11.5 Å². The number of hydrogen-bond acceptors (Lipinski definition) is 5. The zero-order valence-electron chi connectivity index (χ0n) is 11.0. The molecule has 21 heavy (non-hydrogen) atoms. The third-order valence-corrected chi connectivity index (χ3v) is 2.69. The molecule has 0 saturated heterocycles. The minimum atomic E-state index is -4.81. The van der Waals surface area contributed by atoms with Gasteiger partial charge < -0.3 is 14.2 Å². The van der Waals surface area contributed by atoms with Gasteiger partial charge in [0.05, 0.1) is 12.2 Å². The topological polar surface area (TPSA) is 61.8 Å². The molecule has 0 atom stereocenters. The highest BCUT2D eigenvalue weighted by molar-refractivity contribution is 6.41. The van der Waals surface area contributed by atoms with Crippen molar-refractivity contribution in [3.05, 3.63) is 23.3 Å². The van der Waals surface area contributed by atoms with Crippen LogP contribution in [0.25, 0.3) is 0 Å². The SMILES string of the molecule is CCOC(=O)C(=O)c1cc2c(cc1C(F)(F)F)OCCO2. The first kappa shape index (κ1) is 15.1. The van der Waals surface area contributed by atoms with Crippen molar-refractivity contribution in [3.63, 3.8) is 0 Å². The molecule has 0 amide bonds. The monoisotopic (exact) mass is 304 g/mol. The molecule has 0 unspecified atom stereocenters. The minimum Gasteiger partial charge on any atom is -0.486 e. The number of carbonyl (C=O) groups is 2. The Morgan fingerprint density at radius 2 is 1.76 bits per heavy atom. The first-order valence-electron chi connectivity index (χ1n) is 6.07. The standard InChI is InChI=1S/C13H11F3O5/c1-2-19-12(18)11(17)7-5-9-10(21-4-3-20-9)6-8(7)13(14,15)16/h5-6H,2-4H2,1H3. The number of rotatable bonds is 3. The zero-order valence-corrected chi connectivity index (χ0v) is 11.0. The van der Waals surface area contributed by atoms with E-state index in [1.54, 1.807) is 0 Å². The summed E-state index contributed by atoms with van der Waals surface area (Å²) in [5.74, 6) is -2.85. The summed E-state index contributed by atoms with van der Waals surface area (Å²) in [4.78, 5) is 23.2. The van der Waals surface area contributed by atoms with E-state index in [0.29, 0.717) is 6.07 Å². The lowest BCUT2D eigenvalue weighted by Crippen LogP contribution is -2.23. The number of esters is 1. The van der Waals surface area contributed by atoms with Crippen molar-refractivity contribution in [1.29, 1.82) is 0 Å². The van der Waals surface area contributed by atoms with Crippen molar-refractivity contribution >= 4 is 11.8 Å². The molecule has 1 aliphatic heterocycles. The van der Waals surface area contributed by atoms with Crippen molar-refractivity contribution < 1.29 is 37.0 Å². The maximum atomic E-state index is 13.0. The molecule has 0 radical (unpaired) electrons. The van der Waals surface area contributed by atoms with Crippen LogP contribution in [0, 0.1) is 0 Å². The molecule has 1 aliphatic rings. The number of halogens is 3. The van der Waals surface area contributed by atoms with Gasteiger partial charge in [-0.1, -0.05) is 0 Å². The fourth-order valence-corrected chi connectivity index (χ4v) is 1.82. The van der Waals surface area contributed by atoms with E-state index in [1.165, 1.54) is 6.92 Å². The second-order valence-corrected chi connectivity index (χ2v) is 4.09. The Hall–Kier alpha value is -2.25. The van der Waals surface area contributed by atoms with Crippen LogP contribution in [0.2, 0.25) is 0 Å². The summed E-state index contributed by atoms with van der Waals surface area (Å²) in [6, 6.07) is 1.51. The first-order chi connectivity index (χ1) is 9.84. The molecule has 0 fully saturated rings. The predicted molar refractivity (Wildman–Crippen MR) is 63.4 cm³/mol. The molecule has 1 aromatic rings. The number of alkyl halides is 3. The molecule has 1 aromatic carbocycles. The van der Waals surface area contributed by atoms with E-state index in [-0.39, 0.29) is 31.3 Å². The van der Waals surface area contributed by atoms with Gasteiger partial charge in [0.25, 0.3) is 5.78 Å². The van der Waals surface area contributed by atoms with Gasteiger partial charge in [0.1, 0.15) is 13.2 Å². The average Bonchev–Trinajstić information content (AvgIpc) is 2.44. The van der Waals surface area contributed by atoms with E-state index in [2.05, 4.69) is 4.74 Å². The van der Waals surface area contributed by atoms with E-state index < -0.39 is 29.1 Å². The van der Waals surface area contributed by atoms with Gasteiger partial charge in [0, 0.05) is 5.56 Å². The summed E-state index contributed by atoms with van der Waals surface area (Å²) in [5, 5.41) is 0. The van der Waals surface area contributed by atoms with E-state index in [0.717, 1.165) is 6.07 Å². The molecule has 1 heterocycles. The van der Waals surface area contributed by atoms with Crippen LogP contribution in [0.3, 0.4) is 0 Å². The fraction of sp³-hybridized carbons (Fsp3) is 0.385. The third kappa shape index (κ3) is 3.09. The predicted octanol–water partition coefficient (Wildman–Crippen LogP) is 2.22. The summed E-state index contributed by atoms with van der Waals surface area (Å²) in [6.07, 6.45) is -4.81. The maximum absolute atomic E-state index is 13.0. The summed E-state index contributed by atoms with van der Waals surface area (Å²) in [6.45, 7) is 1.58. The van der Waals surface area contributed by atoms with Gasteiger partial charge in [-0.15, -0.1) is 0 Å². The van der Waals surface area contributed by atoms with Crippen LogP contribution in [0.1, 0.15) is 22.8 Å². The van der Waals surface area contributed by atoms with E-state index >= 15 is 0 Å². The largest absolute Gasteiger partial charge is 0.486 e. The molecule has 114 valence electrons. The summed E-state index contributed by atoms with van der Waals surface area (Å²) in [7, 11) is 0. The maximum Gasteiger partial charge on any atom is 0.417 e. The fourth-order valence-electron chi connectivity index (χ4n) is 1.82. The molecule has 0 bridgehead atoms. The Labute approximate surface area is 117 Å². The highest BCUT2D eigenvalue weighted by atomic mass is 19.4. The smallest absolute Gasteiger partial charge is 0.417 e. The van der Waals surface area contributed by atoms with Gasteiger partial charge in [-0.2, -0.15) is 13.2 Å². The van der Waals surface area contributed by atoms with Crippen LogP contribution in [0.5, 0.6) is 11.5 Å². The summed E-state index contributed by atoms with van der Waals surface area (Å²) >= 11 is 0. The highest BCUT2D eigenvalue weighted by Crippen LogP contribution is 2.40. The molecule has 2 rings (SSSR count). The molecule has 0 spiro atoms. The van der Waals surface area contributed by atoms with Crippen molar-refractivity contribution in [2.75, 3.05) is 19.8 Å². The molecule has 8 heteroatoms. The van der Waals surface area contributed by atoms with Crippen LogP contribution in [-0.4, -0.2) is 31.6 Å². The van der Waals surface area contributed by atoms with Crippen molar-refractivity contribution in [1.82, 2.24) is 0 Å². The van der Waals surface area contributed by atoms with E-state index in [1.807, 2.05) is 0 Å². The van der Waals surface area contributed by atoms with Gasteiger partial charge in [-0.05, 0) is 19.1 Å². The number of Topliss-reactive ketones (excluding diaryl/α,β-unsaturated/α-hetero) is 1. The number of fused-ring (bicyclic) bond motifs is 1. The van der Waals surface area contributed by atoms with Crippen LogP contribution >= 0.6 is 0 Å². The van der Waals surface area contributed by atoms with Gasteiger partial charge in [-0.25, -0.2) is 4.79 Å². The third-order valence-electron chi connectivity index (χ3n) is 2.69. The molecular formula is C13H11F3O5. The number of ketones is 1. The van der Waals surface area contributed by atoms with Crippen molar-refractivity contribution in [2.45, 2.75) is 13.1 Å². The van der Waals surface area contributed by atoms with Crippen molar-refractivity contribution in [3.8, 4) is 11.5 Å². The first-order valence-corrected chi connectivity index (χ1v) is 6.07. The van der Waals surface area contributed by atoms with Gasteiger partial charge in [0.2, 0.25) is 0 Å². The van der Waals surface area contributed by atoms with Crippen LogP contribution in [-0.2, 0) is 15.7 Å². The normalized spacial score (nSPS) is 13.7. The molecule has 0 aromatic heterocycles. The molecule has 0 saturated carbocycles. The van der Waals surface area contributed by atoms with Crippen molar-refractivity contribution in [2.24, 2.45) is 0 Å². The number of hydrogen-bond donors (Lipinski definition) is 0. The Kier molecular flexibility index (Phi) is 4.06. The minimum absolute atomic E-state index is 0.0121. The molecule has 5 nitrogen and oxygen atoms in total. The number of ether oxygens (including phenoxy) is 3. The lowest BCUT2D eigenvalue weighted by molar-refractivity contribution is -0.139. The Morgan fingerprint density at radius 3 is 2.29 bits per heavy atom. The zero-order chi connectivity index (χ0) is 15.6. The molecule has 0 N–H and O–H groups in total. The Bertz CT molecular complexity index is 580. The molecule has 0 aliphatic carbocycles. The number of carbonyl (C=O) groups excluding carboxylic acids is 2. The second-order valence-electron chi connectivity index (χ2n) is 4.09. The summed E-state index contributed by atoms with van der Waals surface area (Å²) < 4.78 is 53.7. The van der Waals surface area contributed by atoms with Gasteiger partial charge in [-0.3, -0.25) is 4.79 Å². The Morgan fingerprint density at radius 1 is 1.19 bits per heavy atom. The van der Waals surface area contributed by atoms with E-state index in [9.17, 15) is 22.8 Å². The Balaban J connectivity index is 2.52. The van der Waals surface area contributed by atoms with E-state index in [4.69, 9.17) is 9.47 Å². The second kappa shape index (κ2) is 5.63. The van der Waals surface area contributed by atoms with Crippen LogP contribution < -0.4 is 9.47 Å². The summed E-state index contributed by atoms with van der Waals surface area (Å²) in [5.41, 5.74) is -2.07.